The summed E-state index contributed by atoms with van der Waals surface area (Å²) in [5.74, 6) is 0. The third-order valence-corrected chi connectivity index (χ3v) is 3.03. The molecular weight excluding hydrogens is 210 g/mol. The van der Waals surface area contributed by atoms with Gasteiger partial charge in [0.1, 0.15) is 0 Å². The number of aryl methyl sites for hydroxylation is 1. The van der Waals surface area contributed by atoms with Crippen LogP contribution in [0.1, 0.15) is 23.2 Å². The van der Waals surface area contributed by atoms with Crippen molar-refractivity contribution in [1.82, 2.24) is 9.78 Å². The lowest BCUT2D eigenvalue weighted by Gasteiger charge is -2.05. The molecule has 1 aromatic heterocycles. The normalized spacial score (nSPS) is 10.7. The Bertz CT molecular complexity index is 460. The summed E-state index contributed by atoms with van der Waals surface area (Å²) in [5.41, 5.74) is 9.37. The molecule has 0 aliphatic rings. The van der Waals surface area contributed by atoms with Crippen molar-refractivity contribution in [2.75, 3.05) is 6.54 Å². The topological polar surface area (TPSA) is 43.8 Å². The van der Waals surface area contributed by atoms with E-state index in [0.29, 0.717) is 0 Å². The predicted molar refractivity (Wildman–Crippen MR) is 69.9 cm³/mol. The van der Waals surface area contributed by atoms with Crippen LogP contribution in [0.2, 0.25) is 0 Å². The molecule has 0 saturated heterocycles. The summed E-state index contributed by atoms with van der Waals surface area (Å²) < 4.78 is 2.06. The largest absolute Gasteiger partial charge is 0.330 e. The molecule has 0 fully saturated rings. The molecule has 0 saturated carbocycles. The van der Waals surface area contributed by atoms with Gasteiger partial charge in [-0.25, -0.2) is 0 Å². The summed E-state index contributed by atoms with van der Waals surface area (Å²) >= 11 is 0. The number of hydrogen-bond donors (Lipinski definition) is 1. The van der Waals surface area contributed by atoms with E-state index in [4.69, 9.17) is 5.73 Å². The molecule has 0 aliphatic carbocycles. The average Bonchev–Trinajstić information content (AvgIpc) is 2.70. The minimum Gasteiger partial charge on any atom is -0.330 e. The zero-order chi connectivity index (χ0) is 12.1. The summed E-state index contributed by atoms with van der Waals surface area (Å²) in [6.07, 6.45) is 4.02. The van der Waals surface area contributed by atoms with E-state index in [-0.39, 0.29) is 0 Å². The Morgan fingerprint density at radius 2 is 2.00 bits per heavy atom. The molecule has 17 heavy (non-hydrogen) atoms. The molecule has 0 radical (unpaired) electrons. The third-order valence-electron chi connectivity index (χ3n) is 3.03. The Morgan fingerprint density at radius 3 is 2.71 bits per heavy atom. The quantitative estimate of drug-likeness (QED) is 0.853. The van der Waals surface area contributed by atoms with E-state index >= 15 is 0 Å². The van der Waals surface area contributed by atoms with Crippen molar-refractivity contribution in [2.45, 2.75) is 26.3 Å². The molecule has 0 unspecified atom stereocenters. The van der Waals surface area contributed by atoms with Gasteiger partial charge < -0.3 is 5.73 Å². The SMILES string of the molecule is Cc1c(CCCN)cnn1Cc1ccccc1. The van der Waals surface area contributed by atoms with Crippen molar-refractivity contribution in [3.63, 3.8) is 0 Å². The maximum Gasteiger partial charge on any atom is 0.0662 e. The first kappa shape index (κ1) is 11.9. The van der Waals surface area contributed by atoms with Crippen molar-refractivity contribution in [1.29, 1.82) is 0 Å². The van der Waals surface area contributed by atoms with Gasteiger partial charge in [-0.15, -0.1) is 0 Å². The molecule has 1 aromatic carbocycles. The lowest BCUT2D eigenvalue weighted by molar-refractivity contribution is 0.662. The molecule has 0 amide bonds. The van der Waals surface area contributed by atoms with Crippen LogP contribution in [0.25, 0.3) is 0 Å². The summed E-state index contributed by atoms with van der Waals surface area (Å²) in [5, 5.41) is 4.44. The molecule has 2 rings (SSSR count). The van der Waals surface area contributed by atoms with E-state index in [1.54, 1.807) is 0 Å². The molecular formula is C14H19N3. The molecule has 90 valence electrons. The Hall–Kier alpha value is -1.61. The van der Waals surface area contributed by atoms with E-state index < -0.39 is 0 Å². The second-order valence-corrected chi connectivity index (χ2v) is 4.29. The standard InChI is InChI=1S/C14H19N3/c1-12-14(8-5-9-15)10-16-17(12)11-13-6-3-2-4-7-13/h2-4,6-7,10H,5,8-9,11,15H2,1H3. The van der Waals surface area contributed by atoms with Gasteiger partial charge in [-0.05, 0) is 37.4 Å². The monoisotopic (exact) mass is 229 g/mol. The maximum atomic E-state index is 5.53. The van der Waals surface area contributed by atoms with E-state index in [0.717, 1.165) is 25.9 Å². The zero-order valence-corrected chi connectivity index (χ0v) is 10.3. The Kier molecular flexibility index (Phi) is 3.94. The highest BCUT2D eigenvalue weighted by atomic mass is 15.3. The van der Waals surface area contributed by atoms with Gasteiger partial charge in [0.2, 0.25) is 0 Å². The Labute approximate surface area is 102 Å². The molecule has 1 heterocycles. The Morgan fingerprint density at radius 1 is 1.24 bits per heavy atom. The van der Waals surface area contributed by atoms with Crippen molar-refractivity contribution < 1.29 is 0 Å². The molecule has 0 bridgehead atoms. The van der Waals surface area contributed by atoms with Crippen molar-refractivity contribution in [3.8, 4) is 0 Å². The number of nitrogens with two attached hydrogens (primary N) is 1. The fourth-order valence-corrected chi connectivity index (χ4v) is 1.94. The van der Waals surface area contributed by atoms with E-state index in [1.165, 1.54) is 16.8 Å². The summed E-state index contributed by atoms with van der Waals surface area (Å²) in [4.78, 5) is 0. The van der Waals surface area contributed by atoms with Crippen LogP contribution in [0, 0.1) is 6.92 Å². The van der Waals surface area contributed by atoms with Gasteiger partial charge in [-0.3, -0.25) is 4.68 Å². The maximum absolute atomic E-state index is 5.53. The second kappa shape index (κ2) is 5.64. The van der Waals surface area contributed by atoms with Gasteiger partial charge in [0.05, 0.1) is 12.7 Å². The highest BCUT2D eigenvalue weighted by Gasteiger charge is 2.05. The van der Waals surface area contributed by atoms with Gasteiger partial charge >= 0.3 is 0 Å². The minimum atomic E-state index is 0.739. The fourth-order valence-electron chi connectivity index (χ4n) is 1.94. The highest BCUT2D eigenvalue weighted by Crippen LogP contribution is 2.11. The van der Waals surface area contributed by atoms with Gasteiger partial charge in [-0.2, -0.15) is 5.10 Å². The van der Waals surface area contributed by atoms with Crippen LogP contribution in [-0.4, -0.2) is 16.3 Å². The van der Waals surface area contributed by atoms with Crippen molar-refractivity contribution in [3.05, 3.63) is 53.3 Å². The summed E-state index contributed by atoms with van der Waals surface area (Å²) in [6.45, 7) is 3.71. The van der Waals surface area contributed by atoms with Crippen molar-refractivity contribution in [2.24, 2.45) is 5.73 Å². The molecule has 0 spiro atoms. The van der Waals surface area contributed by atoms with Crippen LogP contribution in [0.5, 0.6) is 0 Å². The highest BCUT2D eigenvalue weighted by molar-refractivity contribution is 5.20. The lowest BCUT2D eigenvalue weighted by atomic mass is 10.1. The average molecular weight is 229 g/mol. The van der Waals surface area contributed by atoms with Gasteiger partial charge in [0, 0.05) is 5.69 Å². The van der Waals surface area contributed by atoms with E-state index in [2.05, 4.69) is 41.0 Å². The van der Waals surface area contributed by atoms with Gasteiger partial charge in [0.25, 0.3) is 0 Å². The summed E-state index contributed by atoms with van der Waals surface area (Å²) in [7, 11) is 0. The van der Waals surface area contributed by atoms with Crippen LogP contribution in [0.15, 0.2) is 36.5 Å². The number of aromatic nitrogens is 2. The predicted octanol–water partition coefficient (Wildman–Crippen LogP) is 2.13. The first-order chi connectivity index (χ1) is 8.31. The first-order valence-electron chi connectivity index (χ1n) is 6.06. The third kappa shape index (κ3) is 2.94. The number of benzene rings is 1. The van der Waals surface area contributed by atoms with Crippen LogP contribution in [-0.2, 0) is 13.0 Å². The van der Waals surface area contributed by atoms with Gasteiger partial charge in [-0.1, -0.05) is 30.3 Å². The smallest absolute Gasteiger partial charge is 0.0662 e. The fraction of sp³-hybridized carbons (Fsp3) is 0.357. The van der Waals surface area contributed by atoms with Crippen LogP contribution >= 0.6 is 0 Å². The van der Waals surface area contributed by atoms with E-state index in [9.17, 15) is 0 Å². The van der Waals surface area contributed by atoms with Crippen LogP contribution < -0.4 is 5.73 Å². The molecule has 2 aromatic rings. The van der Waals surface area contributed by atoms with Crippen LogP contribution in [0.4, 0.5) is 0 Å². The number of rotatable bonds is 5. The number of nitrogens with zero attached hydrogens (tertiary/aromatic N) is 2. The number of hydrogen-bond acceptors (Lipinski definition) is 2. The zero-order valence-electron chi connectivity index (χ0n) is 10.3. The second-order valence-electron chi connectivity index (χ2n) is 4.29. The van der Waals surface area contributed by atoms with Crippen LogP contribution in [0.3, 0.4) is 0 Å². The lowest BCUT2D eigenvalue weighted by Crippen LogP contribution is -2.05. The molecule has 3 nitrogen and oxygen atoms in total. The summed E-state index contributed by atoms with van der Waals surface area (Å²) in [6, 6.07) is 10.4. The van der Waals surface area contributed by atoms with Crippen molar-refractivity contribution >= 4 is 0 Å². The molecule has 0 aliphatic heterocycles. The molecule has 3 heteroatoms. The molecule has 2 N–H and O–H groups in total. The minimum absolute atomic E-state index is 0.739. The van der Waals surface area contributed by atoms with E-state index in [1.807, 2.05) is 12.3 Å². The first-order valence-corrected chi connectivity index (χ1v) is 6.06. The van der Waals surface area contributed by atoms with Gasteiger partial charge in [0.15, 0.2) is 0 Å². The molecule has 0 atom stereocenters. The Balaban J connectivity index is 2.09.